The van der Waals surface area contributed by atoms with Gasteiger partial charge in [0, 0.05) is 26.2 Å². The van der Waals surface area contributed by atoms with Crippen LogP contribution in [0.2, 0.25) is 0 Å². The van der Waals surface area contributed by atoms with E-state index in [1.54, 1.807) is 30.0 Å². The minimum Gasteiger partial charge on any atom is -0.450 e. The molecule has 2 aromatic rings. The second kappa shape index (κ2) is 6.05. The minimum absolute atomic E-state index is 0.298. The average molecular weight is 303 g/mol. The average Bonchev–Trinajstić information content (AvgIpc) is 2.55. The van der Waals surface area contributed by atoms with Crippen LogP contribution in [0.3, 0.4) is 0 Å². The van der Waals surface area contributed by atoms with E-state index in [0.29, 0.717) is 49.8 Å². The van der Waals surface area contributed by atoms with Gasteiger partial charge in [0.15, 0.2) is 0 Å². The number of hydrogen-bond acceptors (Lipinski definition) is 6. The highest BCUT2D eigenvalue weighted by Crippen LogP contribution is 2.18. The van der Waals surface area contributed by atoms with Gasteiger partial charge in [-0.2, -0.15) is 4.98 Å². The van der Waals surface area contributed by atoms with E-state index in [0.717, 1.165) is 0 Å². The van der Waals surface area contributed by atoms with Crippen LogP contribution in [0.4, 0.5) is 10.8 Å². The van der Waals surface area contributed by atoms with Crippen molar-refractivity contribution in [3.63, 3.8) is 0 Å². The van der Waals surface area contributed by atoms with Crippen molar-refractivity contribution in [3.8, 4) is 0 Å². The van der Waals surface area contributed by atoms with Gasteiger partial charge in [-0.25, -0.2) is 4.79 Å². The molecular weight excluding hydrogens is 286 g/mol. The second-order valence-electron chi connectivity index (χ2n) is 4.97. The summed E-state index contributed by atoms with van der Waals surface area (Å²) in [5, 5.41) is 0.469. The molecule has 0 spiro atoms. The molecule has 7 heteroatoms. The number of amides is 1. The fourth-order valence-electron chi connectivity index (χ4n) is 2.43. The lowest BCUT2D eigenvalue weighted by Crippen LogP contribution is -2.49. The molecule has 1 aromatic heterocycles. The number of rotatable bonds is 2. The van der Waals surface area contributed by atoms with Gasteiger partial charge in [0.25, 0.3) is 5.56 Å². The second-order valence-corrected chi connectivity index (χ2v) is 4.97. The lowest BCUT2D eigenvalue weighted by molar-refractivity contribution is 0.104. The van der Waals surface area contributed by atoms with Gasteiger partial charge in [-0.05, 0) is 19.1 Å². The lowest BCUT2D eigenvalue weighted by atomic mass is 10.2. The van der Waals surface area contributed by atoms with Gasteiger partial charge in [-0.3, -0.25) is 4.79 Å². The highest BCUT2D eigenvalue weighted by atomic mass is 16.6. The van der Waals surface area contributed by atoms with Gasteiger partial charge in [-0.15, -0.1) is 0 Å². The Hall–Kier alpha value is -2.57. The molecule has 0 bridgehead atoms. The zero-order chi connectivity index (χ0) is 15.5. The molecule has 1 fully saturated rings. The number of carbonyl (C=O) groups excluding carboxylic acids is 1. The minimum atomic E-state index is -0.310. The van der Waals surface area contributed by atoms with Crippen molar-refractivity contribution >= 4 is 23.1 Å². The van der Waals surface area contributed by atoms with Crippen LogP contribution in [-0.2, 0) is 4.74 Å². The molecule has 7 nitrogen and oxygen atoms in total. The van der Waals surface area contributed by atoms with Crippen LogP contribution in [0.5, 0.6) is 0 Å². The number of fused-ring (bicyclic) bond motifs is 1. The Labute approximate surface area is 127 Å². The number of para-hydroxylation sites is 1. The molecule has 1 saturated heterocycles. The van der Waals surface area contributed by atoms with E-state index >= 15 is 0 Å². The highest BCUT2D eigenvalue weighted by molar-refractivity contribution is 5.75. The predicted octanol–water partition coefficient (Wildman–Crippen LogP) is 1.47. The van der Waals surface area contributed by atoms with Crippen molar-refractivity contribution in [3.05, 3.63) is 34.6 Å². The van der Waals surface area contributed by atoms with Crippen molar-refractivity contribution in [1.82, 2.24) is 9.88 Å². The summed E-state index contributed by atoms with van der Waals surface area (Å²) in [5.41, 5.74) is 0.218. The summed E-state index contributed by atoms with van der Waals surface area (Å²) in [6.07, 6.45) is -0.310. The normalized spacial score (nSPS) is 15.1. The molecule has 1 aromatic carbocycles. The molecule has 1 aliphatic heterocycles. The van der Waals surface area contributed by atoms with Crippen LogP contribution in [-0.4, -0.2) is 48.8 Å². The molecule has 0 saturated carbocycles. The van der Waals surface area contributed by atoms with E-state index < -0.39 is 0 Å². The molecule has 116 valence electrons. The van der Waals surface area contributed by atoms with E-state index in [1.807, 2.05) is 11.0 Å². The summed E-state index contributed by atoms with van der Waals surface area (Å²) in [6.45, 7) is 4.26. The number of hydrogen-bond donors (Lipinski definition) is 0. The van der Waals surface area contributed by atoms with E-state index in [2.05, 4.69) is 4.98 Å². The standard InChI is InChI=1S/C15H17N3O4/c1-2-21-15(20)18-9-7-17(8-10-18)14-16-13(19)11-5-3-4-6-12(11)22-14/h3-6H,2,7-10H2,1H3. The van der Waals surface area contributed by atoms with Gasteiger partial charge in [0.05, 0.1) is 12.0 Å². The number of piperazine rings is 1. The molecule has 22 heavy (non-hydrogen) atoms. The Morgan fingerprint density at radius 2 is 2.00 bits per heavy atom. The molecule has 1 amide bonds. The molecular formula is C15H17N3O4. The Bertz CT molecular complexity index is 735. The van der Waals surface area contributed by atoms with Crippen LogP contribution in [0.1, 0.15) is 6.92 Å². The number of carbonyl (C=O) groups is 1. The van der Waals surface area contributed by atoms with Gasteiger partial charge in [0.2, 0.25) is 0 Å². The predicted molar refractivity (Wildman–Crippen MR) is 81.1 cm³/mol. The largest absolute Gasteiger partial charge is 0.450 e. The summed E-state index contributed by atoms with van der Waals surface area (Å²) in [4.78, 5) is 31.2. The zero-order valence-corrected chi connectivity index (χ0v) is 12.3. The third kappa shape index (κ3) is 2.74. The third-order valence-corrected chi connectivity index (χ3v) is 3.59. The van der Waals surface area contributed by atoms with Gasteiger partial charge in [0.1, 0.15) is 5.58 Å². The van der Waals surface area contributed by atoms with Crippen LogP contribution < -0.4 is 10.5 Å². The van der Waals surface area contributed by atoms with Crippen LogP contribution >= 0.6 is 0 Å². The van der Waals surface area contributed by atoms with Crippen LogP contribution in [0.25, 0.3) is 11.0 Å². The summed E-state index contributed by atoms with van der Waals surface area (Å²) >= 11 is 0. The molecule has 0 unspecified atom stereocenters. The van der Waals surface area contributed by atoms with Gasteiger partial charge in [-0.1, -0.05) is 12.1 Å². The number of ether oxygens (including phenoxy) is 1. The van der Waals surface area contributed by atoms with Crippen molar-refractivity contribution < 1.29 is 13.9 Å². The summed E-state index contributed by atoms with van der Waals surface area (Å²) in [7, 11) is 0. The summed E-state index contributed by atoms with van der Waals surface area (Å²) in [5.74, 6) is 0. The fourth-order valence-corrected chi connectivity index (χ4v) is 2.43. The van der Waals surface area contributed by atoms with E-state index in [1.165, 1.54) is 0 Å². The molecule has 0 atom stereocenters. The van der Waals surface area contributed by atoms with Crippen LogP contribution in [0, 0.1) is 0 Å². The van der Waals surface area contributed by atoms with E-state index in [9.17, 15) is 9.59 Å². The molecule has 2 heterocycles. The van der Waals surface area contributed by atoms with E-state index in [-0.39, 0.29) is 11.7 Å². The molecule has 3 rings (SSSR count). The Morgan fingerprint density at radius 1 is 1.27 bits per heavy atom. The van der Waals surface area contributed by atoms with Crippen molar-refractivity contribution in [2.45, 2.75) is 6.92 Å². The maximum atomic E-state index is 12.0. The van der Waals surface area contributed by atoms with Crippen LogP contribution in [0.15, 0.2) is 33.5 Å². The summed E-state index contributed by atoms with van der Waals surface area (Å²) in [6, 6.07) is 7.33. The Balaban J connectivity index is 1.76. The Morgan fingerprint density at radius 3 is 2.73 bits per heavy atom. The molecule has 0 aliphatic carbocycles. The first kappa shape index (κ1) is 14.4. The third-order valence-electron chi connectivity index (χ3n) is 3.59. The number of anilines is 1. The lowest BCUT2D eigenvalue weighted by Gasteiger charge is -2.33. The quantitative estimate of drug-likeness (QED) is 0.836. The monoisotopic (exact) mass is 303 g/mol. The topological polar surface area (TPSA) is 75.9 Å². The smallest absolute Gasteiger partial charge is 0.409 e. The number of nitrogens with zero attached hydrogens (tertiary/aromatic N) is 3. The maximum Gasteiger partial charge on any atom is 0.409 e. The van der Waals surface area contributed by atoms with Crippen molar-refractivity contribution in [1.29, 1.82) is 0 Å². The van der Waals surface area contributed by atoms with Gasteiger partial charge >= 0.3 is 12.1 Å². The first-order chi connectivity index (χ1) is 10.7. The Kier molecular flexibility index (Phi) is 3.95. The first-order valence-corrected chi connectivity index (χ1v) is 7.25. The first-order valence-electron chi connectivity index (χ1n) is 7.25. The highest BCUT2D eigenvalue weighted by Gasteiger charge is 2.24. The summed E-state index contributed by atoms with van der Waals surface area (Å²) < 4.78 is 10.7. The van der Waals surface area contributed by atoms with E-state index in [4.69, 9.17) is 9.15 Å². The SMILES string of the molecule is CCOC(=O)N1CCN(c2nc(=O)c3ccccc3o2)CC1. The fraction of sp³-hybridized carbons (Fsp3) is 0.400. The molecule has 1 aliphatic rings. The number of benzene rings is 1. The molecule has 0 N–H and O–H groups in total. The molecule has 0 radical (unpaired) electrons. The zero-order valence-electron chi connectivity index (χ0n) is 12.3. The van der Waals surface area contributed by atoms with Crippen molar-refractivity contribution in [2.75, 3.05) is 37.7 Å². The van der Waals surface area contributed by atoms with Crippen molar-refractivity contribution in [2.24, 2.45) is 0 Å². The number of aromatic nitrogens is 1. The van der Waals surface area contributed by atoms with Gasteiger partial charge < -0.3 is 19.0 Å². The maximum absolute atomic E-state index is 12.0.